The van der Waals surface area contributed by atoms with Crippen LogP contribution in [-0.2, 0) is 0 Å². The summed E-state index contributed by atoms with van der Waals surface area (Å²) in [5.41, 5.74) is 0.837. The quantitative estimate of drug-likeness (QED) is 0.509. The summed E-state index contributed by atoms with van der Waals surface area (Å²) < 4.78 is 0. The third-order valence-electron chi connectivity index (χ3n) is 4.37. The largest absolute Gasteiger partial charge is 0.303 e. The molecule has 1 atom stereocenters. The van der Waals surface area contributed by atoms with Crippen LogP contribution in [0.5, 0.6) is 0 Å². The second kappa shape index (κ2) is 8.93. The molecule has 0 saturated carbocycles. The lowest BCUT2D eigenvalue weighted by molar-refractivity contribution is 0.251. The van der Waals surface area contributed by atoms with Gasteiger partial charge in [0.2, 0.25) is 0 Å². The molecule has 1 aliphatic heterocycles. The Labute approximate surface area is 110 Å². The average Bonchev–Trinajstić information content (AvgIpc) is 2.31. The number of nitrogens with zero attached hydrogens (tertiary/aromatic N) is 1. The zero-order chi connectivity index (χ0) is 12.5. The van der Waals surface area contributed by atoms with Gasteiger partial charge in [0.15, 0.2) is 0 Å². The first-order valence-electron chi connectivity index (χ1n) is 7.66. The van der Waals surface area contributed by atoms with Gasteiger partial charge in [-0.15, -0.1) is 6.58 Å². The van der Waals surface area contributed by atoms with Gasteiger partial charge in [0.05, 0.1) is 0 Å². The molecule has 0 aromatic rings. The molecule has 17 heavy (non-hydrogen) atoms. The van der Waals surface area contributed by atoms with E-state index < -0.39 is 8.80 Å². The molecule has 2 heteroatoms. The van der Waals surface area contributed by atoms with Gasteiger partial charge in [0.25, 0.3) is 0 Å². The molecule has 100 valence electrons. The van der Waals surface area contributed by atoms with Crippen molar-refractivity contribution in [2.75, 3.05) is 19.6 Å². The minimum absolute atomic E-state index is 0.564. The van der Waals surface area contributed by atoms with Crippen LogP contribution >= 0.6 is 0 Å². The first-order valence-corrected chi connectivity index (χ1v) is 9.96. The van der Waals surface area contributed by atoms with Crippen LogP contribution in [-0.4, -0.2) is 33.3 Å². The monoisotopic (exact) mass is 253 g/mol. The molecule has 1 fully saturated rings. The summed E-state index contributed by atoms with van der Waals surface area (Å²) in [6.45, 7) is 12.8. The highest BCUT2D eigenvalue weighted by Gasteiger charge is 2.20. The molecule has 1 unspecified atom stereocenters. The Kier molecular flexibility index (Phi) is 7.87. The first kappa shape index (κ1) is 15.0. The van der Waals surface area contributed by atoms with Gasteiger partial charge in [0.1, 0.15) is 0 Å². The molecule has 0 N–H and O–H groups in total. The van der Waals surface area contributed by atoms with Crippen LogP contribution in [0.15, 0.2) is 12.7 Å². The minimum Gasteiger partial charge on any atom is -0.303 e. The van der Waals surface area contributed by atoms with Gasteiger partial charge in [-0.25, -0.2) is 0 Å². The Balaban J connectivity index is 2.44. The van der Waals surface area contributed by atoms with Crippen LogP contribution < -0.4 is 0 Å². The molecule has 1 heterocycles. The molecule has 0 bridgehead atoms. The van der Waals surface area contributed by atoms with E-state index in [1.807, 2.05) is 0 Å². The van der Waals surface area contributed by atoms with E-state index in [0.717, 1.165) is 5.54 Å². The molecule has 1 rings (SSSR count). The van der Waals surface area contributed by atoms with E-state index in [-0.39, 0.29) is 0 Å². The lowest BCUT2D eigenvalue weighted by atomic mass is 10.1. The molecule has 1 aliphatic rings. The fraction of sp³-hybridized carbons (Fsp3) is 0.867. The maximum absolute atomic E-state index is 4.09. The van der Waals surface area contributed by atoms with Crippen molar-refractivity contribution >= 4 is 8.80 Å². The van der Waals surface area contributed by atoms with Gasteiger partial charge < -0.3 is 4.90 Å². The minimum atomic E-state index is -0.564. The van der Waals surface area contributed by atoms with Gasteiger partial charge >= 0.3 is 0 Å². The number of likely N-dealkylation sites (tertiary alicyclic amines) is 1. The van der Waals surface area contributed by atoms with Crippen LogP contribution in [0.1, 0.15) is 46.0 Å². The second-order valence-electron chi connectivity index (χ2n) is 5.54. The van der Waals surface area contributed by atoms with Crippen molar-refractivity contribution in [3.05, 3.63) is 12.7 Å². The van der Waals surface area contributed by atoms with Crippen molar-refractivity contribution in [3.63, 3.8) is 0 Å². The zero-order valence-electron chi connectivity index (χ0n) is 12.0. The van der Waals surface area contributed by atoms with Gasteiger partial charge in [-0.05, 0) is 31.5 Å². The van der Waals surface area contributed by atoms with Crippen molar-refractivity contribution < 1.29 is 0 Å². The van der Waals surface area contributed by atoms with Gasteiger partial charge in [-0.2, -0.15) is 0 Å². The van der Waals surface area contributed by atoms with E-state index in [0.29, 0.717) is 0 Å². The predicted octanol–water partition coefficient (Wildman–Crippen LogP) is 4.08. The lowest BCUT2D eigenvalue weighted by Crippen LogP contribution is -2.34. The molecule has 0 aromatic heterocycles. The Hall–Kier alpha value is -0.0831. The molecule has 1 nitrogen and oxygen atoms in total. The summed E-state index contributed by atoms with van der Waals surface area (Å²) in [6, 6.07) is 2.86. The van der Waals surface area contributed by atoms with Crippen LogP contribution in [0.4, 0.5) is 0 Å². The Morgan fingerprint density at radius 3 is 2.06 bits per heavy atom. The summed E-state index contributed by atoms with van der Waals surface area (Å²) in [4.78, 5) is 2.72. The van der Waals surface area contributed by atoms with Crippen molar-refractivity contribution in [3.8, 4) is 0 Å². The second-order valence-corrected chi connectivity index (χ2v) is 9.55. The molecular formula is C15H31NSi. The summed E-state index contributed by atoms with van der Waals surface area (Å²) in [5.74, 6) is 0. The van der Waals surface area contributed by atoms with E-state index in [2.05, 4.69) is 31.4 Å². The van der Waals surface area contributed by atoms with Gasteiger partial charge in [-0.3, -0.25) is 0 Å². The van der Waals surface area contributed by atoms with Crippen molar-refractivity contribution in [2.24, 2.45) is 0 Å². The standard InChI is InChI=1S/C15H31NSi/c1-4-15(17(5-2)6-3)14-16-12-10-8-7-9-11-13-16/h4,15,17H,1,5-14H2,2-3H3. The van der Waals surface area contributed by atoms with E-state index in [4.69, 9.17) is 0 Å². The smallest absolute Gasteiger partial charge is 0.0452 e. The van der Waals surface area contributed by atoms with E-state index >= 15 is 0 Å². The maximum atomic E-state index is 4.09. The first-order chi connectivity index (χ1) is 8.31. The highest BCUT2D eigenvalue weighted by Crippen LogP contribution is 2.21. The van der Waals surface area contributed by atoms with Crippen LogP contribution in [0.2, 0.25) is 17.6 Å². The van der Waals surface area contributed by atoms with Crippen molar-refractivity contribution in [2.45, 2.75) is 63.6 Å². The highest BCUT2D eigenvalue weighted by atomic mass is 28.3. The molecular weight excluding hydrogens is 222 g/mol. The number of hydrogen-bond acceptors (Lipinski definition) is 1. The van der Waals surface area contributed by atoms with Crippen LogP contribution in [0.25, 0.3) is 0 Å². The average molecular weight is 254 g/mol. The Morgan fingerprint density at radius 1 is 1.06 bits per heavy atom. The fourth-order valence-electron chi connectivity index (χ4n) is 3.10. The Bertz CT molecular complexity index is 193. The SMILES string of the molecule is C=CC(CN1CCCCCCC1)[SiH](CC)CC. The highest BCUT2D eigenvalue weighted by molar-refractivity contribution is 6.60. The normalized spacial score (nSPS) is 20.9. The predicted molar refractivity (Wildman–Crippen MR) is 81.6 cm³/mol. The zero-order valence-corrected chi connectivity index (χ0v) is 13.1. The van der Waals surface area contributed by atoms with E-state index in [1.54, 1.807) is 0 Å². The Morgan fingerprint density at radius 2 is 1.59 bits per heavy atom. The third-order valence-corrected chi connectivity index (χ3v) is 8.17. The summed E-state index contributed by atoms with van der Waals surface area (Å²) in [5, 5.41) is 0. The van der Waals surface area contributed by atoms with Crippen molar-refractivity contribution in [1.29, 1.82) is 0 Å². The topological polar surface area (TPSA) is 3.24 Å². The van der Waals surface area contributed by atoms with Gasteiger partial charge in [0, 0.05) is 15.3 Å². The van der Waals surface area contributed by atoms with Crippen LogP contribution in [0.3, 0.4) is 0 Å². The lowest BCUT2D eigenvalue weighted by Gasteiger charge is -2.30. The molecule has 0 aliphatic carbocycles. The number of rotatable bonds is 6. The summed E-state index contributed by atoms with van der Waals surface area (Å²) in [6.07, 6.45) is 9.43. The molecule has 1 saturated heterocycles. The van der Waals surface area contributed by atoms with Crippen molar-refractivity contribution in [1.82, 2.24) is 4.90 Å². The number of hydrogen-bond donors (Lipinski definition) is 0. The molecule has 0 aromatic carbocycles. The summed E-state index contributed by atoms with van der Waals surface area (Å²) >= 11 is 0. The molecule has 0 radical (unpaired) electrons. The summed E-state index contributed by atoms with van der Waals surface area (Å²) in [7, 11) is -0.564. The van der Waals surface area contributed by atoms with E-state index in [1.165, 1.54) is 63.8 Å². The third kappa shape index (κ3) is 5.39. The van der Waals surface area contributed by atoms with Crippen LogP contribution in [0, 0.1) is 0 Å². The van der Waals surface area contributed by atoms with E-state index in [9.17, 15) is 0 Å². The van der Waals surface area contributed by atoms with Gasteiger partial charge in [-0.1, -0.05) is 51.3 Å². The fourth-order valence-corrected chi connectivity index (χ4v) is 5.87. The maximum Gasteiger partial charge on any atom is 0.0452 e. The molecule has 0 spiro atoms. The molecule has 0 amide bonds.